The number of piperidine rings is 1. The molecular weight excluding hydrogens is 443 g/mol. The predicted molar refractivity (Wildman–Crippen MR) is 124 cm³/mol. The van der Waals surface area contributed by atoms with Crippen LogP contribution in [0, 0.1) is 11.8 Å². The molecule has 2 aliphatic heterocycles. The SMILES string of the molecule is C[C@H]1CC[C@@H](Oc2ccc3cc(CN4C5CCC4CC(C(=O)O)C5)ccc3c2C(F)(F)F)CC1. The second-order valence-electron chi connectivity index (χ2n) is 10.6. The third-order valence-corrected chi connectivity index (χ3v) is 8.18. The minimum Gasteiger partial charge on any atom is -0.490 e. The van der Waals surface area contributed by atoms with E-state index in [0.717, 1.165) is 44.1 Å². The van der Waals surface area contributed by atoms with Gasteiger partial charge in [0.15, 0.2) is 0 Å². The Balaban J connectivity index is 1.39. The fourth-order valence-corrected chi connectivity index (χ4v) is 6.32. The summed E-state index contributed by atoms with van der Waals surface area (Å²) in [5, 5.41) is 10.1. The molecule has 0 amide bonds. The predicted octanol–water partition coefficient (Wildman–Crippen LogP) is 6.64. The van der Waals surface area contributed by atoms with Crippen LogP contribution >= 0.6 is 0 Å². The lowest BCUT2D eigenvalue weighted by molar-refractivity contribution is -0.144. The minimum absolute atomic E-state index is 0.0684. The van der Waals surface area contributed by atoms with Gasteiger partial charge >= 0.3 is 12.1 Å². The molecule has 2 atom stereocenters. The van der Waals surface area contributed by atoms with E-state index in [9.17, 15) is 23.1 Å². The number of rotatable bonds is 5. The van der Waals surface area contributed by atoms with E-state index in [4.69, 9.17) is 4.74 Å². The summed E-state index contributed by atoms with van der Waals surface area (Å²) in [5.41, 5.74) is 0.277. The van der Waals surface area contributed by atoms with E-state index in [1.165, 1.54) is 6.07 Å². The summed E-state index contributed by atoms with van der Waals surface area (Å²) in [6, 6.07) is 8.89. The Morgan fingerprint density at radius 2 is 1.71 bits per heavy atom. The number of hydrogen-bond donors (Lipinski definition) is 1. The number of carboxylic acid groups (broad SMARTS) is 1. The lowest BCUT2D eigenvalue weighted by Crippen LogP contribution is -2.44. The van der Waals surface area contributed by atoms with E-state index in [-0.39, 0.29) is 35.2 Å². The number of ether oxygens (including phenoxy) is 1. The molecule has 0 spiro atoms. The van der Waals surface area contributed by atoms with Crippen molar-refractivity contribution in [1.82, 2.24) is 4.90 Å². The molecule has 184 valence electrons. The van der Waals surface area contributed by atoms with Gasteiger partial charge < -0.3 is 9.84 Å². The molecule has 2 aromatic rings. The molecular formula is C27H32F3NO3. The molecule has 2 bridgehead atoms. The van der Waals surface area contributed by atoms with Gasteiger partial charge in [-0.3, -0.25) is 9.69 Å². The molecule has 2 aromatic carbocycles. The molecule has 7 heteroatoms. The van der Waals surface area contributed by atoms with E-state index >= 15 is 0 Å². The van der Waals surface area contributed by atoms with E-state index in [2.05, 4.69) is 11.8 Å². The van der Waals surface area contributed by atoms with Crippen molar-refractivity contribution in [2.24, 2.45) is 11.8 Å². The van der Waals surface area contributed by atoms with Crippen LogP contribution in [0.2, 0.25) is 0 Å². The average Bonchev–Trinajstić information content (AvgIpc) is 3.00. The van der Waals surface area contributed by atoms with Crippen LogP contribution in [0.5, 0.6) is 5.75 Å². The molecule has 2 saturated heterocycles. The molecule has 1 saturated carbocycles. The van der Waals surface area contributed by atoms with Gasteiger partial charge in [0.2, 0.25) is 0 Å². The largest absolute Gasteiger partial charge is 0.490 e. The first-order chi connectivity index (χ1) is 16.2. The van der Waals surface area contributed by atoms with Crippen molar-refractivity contribution < 1.29 is 27.8 Å². The van der Waals surface area contributed by atoms with Crippen LogP contribution in [0.1, 0.15) is 69.4 Å². The van der Waals surface area contributed by atoms with Crippen LogP contribution in [0.15, 0.2) is 30.3 Å². The maximum atomic E-state index is 14.1. The Labute approximate surface area is 198 Å². The zero-order chi connectivity index (χ0) is 24.0. The molecule has 5 rings (SSSR count). The summed E-state index contributed by atoms with van der Waals surface area (Å²) in [6.45, 7) is 2.81. The topological polar surface area (TPSA) is 49.8 Å². The maximum absolute atomic E-state index is 14.1. The highest BCUT2D eigenvalue weighted by Crippen LogP contribution is 2.44. The van der Waals surface area contributed by atoms with Gasteiger partial charge in [-0.1, -0.05) is 25.1 Å². The number of hydrogen-bond acceptors (Lipinski definition) is 3. The van der Waals surface area contributed by atoms with Gasteiger partial charge in [0.05, 0.1) is 12.0 Å². The lowest BCUT2D eigenvalue weighted by atomic mass is 9.89. The van der Waals surface area contributed by atoms with E-state index in [0.29, 0.717) is 30.7 Å². The highest BCUT2D eigenvalue weighted by molar-refractivity contribution is 5.89. The molecule has 1 N–H and O–H groups in total. The zero-order valence-corrected chi connectivity index (χ0v) is 19.5. The summed E-state index contributed by atoms with van der Waals surface area (Å²) in [5.74, 6) is -0.476. The van der Waals surface area contributed by atoms with Crippen LogP contribution in [0.25, 0.3) is 10.8 Å². The summed E-state index contributed by atoms with van der Waals surface area (Å²) in [4.78, 5) is 13.8. The van der Waals surface area contributed by atoms with Gasteiger partial charge in [-0.2, -0.15) is 13.2 Å². The Bertz CT molecular complexity index is 1050. The van der Waals surface area contributed by atoms with Gasteiger partial charge in [-0.15, -0.1) is 0 Å². The first-order valence-corrected chi connectivity index (χ1v) is 12.5. The van der Waals surface area contributed by atoms with Crippen molar-refractivity contribution in [3.8, 4) is 5.75 Å². The average molecular weight is 476 g/mol. The monoisotopic (exact) mass is 475 g/mol. The van der Waals surface area contributed by atoms with Crippen LogP contribution in [0.4, 0.5) is 13.2 Å². The van der Waals surface area contributed by atoms with E-state index in [1.807, 2.05) is 6.07 Å². The fraction of sp³-hybridized carbons (Fsp3) is 0.593. The van der Waals surface area contributed by atoms with Gasteiger partial charge in [-0.25, -0.2) is 0 Å². The number of alkyl halides is 3. The summed E-state index contributed by atoms with van der Waals surface area (Å²) in [7, 11) is 0. The number of aliphatic carboxylic acids is 1. The van der Waals surface area contributed by atoms with Crippen molar-refractivity contribution in [2.45, 2.75) is 89.2 Å². The van der Waals surface area contributed by atoms with E-state index < -0.39 is 17.7 Å². The molecule has 0 aromatic heterocycles. The lowest BCUT2D eigenvalue weighted by Gasteiger charge is -2.37. The number of carboxylic acids is 1. The van der Waals surface area contributed by atoms with Gasteiger partial charge in [0.25, 0.3) is 0 Å². The normalized spacial score (nSPS) is 29.9. The highest BCUT2D eigenvalue weighted by Gasteiger charge is 2.43. The maximum Gasteiger partial charge on any atom is 0.420 e. The quantitative estimate of drug-likeness (QED) is 0.526. The summed E-state index contributed by atoms with van der Waals surface area (Å²) < 4.78 is 48.3. The fourth-order valence-electron chi connectivity index (χ4n) is 6.32. The van der Waals surface area contributed by atoms with Gasteiger partial charge in [-0.05, 0) is 85.8 Å². The van der Waals surface area contributed by atoms with Crippen LogP contribution in [-0.4, -0.2) is 34.2 Å². The second kappa shape index (κ2) is 9.06. The minimum atomic E-state index is -4.50. The van der Waals surface area contributed by atoms with Crippen molar-refractivity contribution in [1.29, 1.82) is 0 Å². The first-order valence-electron chi connectivity index (χ1n) is 12.5. The van der Waals surface area contributed by atoms with Crippen molar-refractivity contribution in [3.63, 3.8) is 0 Å². The molecule has 3 aliphatic rings. The third kappa shape index (κ3) is 4.64. The Hall–Kier alpha value is -2.28. The highest BCUT2D eigenvalue weighted by atomic mass is 19.4. The first kappa shape index (κ1) is 23.5. The molecule has 1 aliphatic carbocycles. The molecule has 2 unspecified atom stereocenters. The van der Waals surface area contributed by atoms with Gasteiger partial charge in [0.1, 0.15) is 11.3 Å². The van der Waals surface area contributed by atoms with E-state index in [1.54, 1.807) is 18.2 Å². The molecule has 2 heterocycles. The number of carbonyl (C=O) groups is 1. The smallest absolute Gasteiger partial charge is 0.420 e. The van der Waals surface area contributed by atoms with Crippen LogP contribution < -0.4 is 4.74 Å². The standard InChI is InChI=1S/C27H32F3NO3/c1-16-2-8-22(9-3-16)34-24-11-5-18-12-17(4-10-23(18)25(24)27(28,29)30)15-31-20-6-7-21(31)14-19(13-20)26(32)33/h4-5,10-12,16,19-22H,2-3,6-9,13-15H2,1H3,(H,32,33)/t16-,19?,20?,21?,22+. The summed E-state index contributed by atoms with van der Waals surface area (Å²) >= 11 is 0. The van der Waals surface area contributed by atoms with Crippen molar-refractivity contribution >= 4 is 16.7 Å². The van der Waals surface area contributed by atoms with Crippen LogP contribution in [-0.2, 0) is 17.5 Å². The third-order valence-electron chi connectivity index (χ3n) is 8.18. The van der Waals surface area contributed by atoms with Gasteiger partial charge in [0, 0.05) is 18.6 Å². The van der Waals surface area contributed by atoms with Crippen molar-refractivity contribution in [3.05, 3.63) is 41.5 Å². The van der Waals surface area contributed by atoms with Crippen LogP contribution in [0.3, 0.4) is 0 Å². The Morgan fingerprint density at radius 3 is 2.32 bits per heavy atom. The second-order valence-corrected chi connectivity index (χ2v) is 10.6. The number of benzene rings is 2. The number of halogens is 3. The molecule has 3 fully saturated rings. The molecule has 0 radical (unpaired) electrons. The molecule has 4 nitrogen and oxygen atoms in total. The molecule has 34 heavy (non-hydrogen) atoms. The van der Waals surface area contributed by atoms with Crippen molar-refractivity contribution in [2.75, 3.05) is 0 Å². The zero-order valence-electron chi connectivity index (χ0n) is 19.5. The Kier molecular flexibility index (Phi) is 6.25. The number of fused-ring (bicyclic) bond motifs is 3. The summed E-state index contributed by atoms with van der Waals surface area (Å²) in [6.07, 6.45) is 2.14. The number of nitrogens with zero attached hydrogens (tertiary/aromatic N) is 1. The Morgan fingerprint density at radius 1 is 1.03 bits per heavy atom.